The Morgan fingerprint density at radius 2 is 1.69 bits per heavy atom. The lowest BCUT2D eigenvalue weighted by atomic mass is 9.89. The lowest BCUT2D eigenvalue weighted by molar-refractivity contribution is 0.0604. The summed E-state index contributed by atoms with van der Waals surface area (Å²) in [6.07, 6.45) is 3.60. The number of hydrogen-bond donors (Lipinski definition) is 1. The molecule has 2 amide bonds. The van der Waals surface area contributed by atoms with Crippen molar-refractivity contribution in [2.45, 2.75) is 44.3 Å². The van der Waals surface area contributed by atoms with Crippen molar-refractivity contribution in [1.29, 1.82) is 0 Å². The molecule has 1 aliphatic carbocycles. The fourth-order valence-electron chi connectivity index (χ4n) is 5.71. The van der Waals surface area contributed by atoms with E-state index >= 15 is 0 Å². The number of benzene rings is 3. The highest BCUT2D eigenvalue weighted by Gasteiger charge is 2.32. The molecule has 0 bridgehead atoms. The van der Waals surface area contributed by atoms with Gasteiger partial charge < -0.3 is 19.9 Å². The van der Waals surface area contributed by atoms with Gasteiger partial charge in [0, 0.05) is 53.9 Å². The molecule has 42 heavy (non-hydrogen) atoms. The van der Waals surface area contributed by atoms with Crippen LogP contribution in [0.3, 0.4) is 0 Å². The first-order valence-electron chi connectivity index (χ1n) is 14.1. The Morgan fingerprint density at radius 1 is 1.00 bits per heavy atom. The molecular weight excluding hydrogens is 573 g/mol. The number of nitrogens with zero attached hydrogens (tertiary/aromatic N) is 2. The first kappa shape index (κ1) is 30.0. The summed E-state index contributed by atoms with van der Waals surface area (Å²) in [7, 11) is 7.05. The summed E-state index contributed by atoms with van der Waals surface area (Å²) in [6.45, 7) is 0.314. The van der Waals surface area contributed by atoms with E-state index in [1.54, 1.807) is 38.2 Å². The monoisotopic (exact) mass is 607 g/mol. The number of fused-ring (bicyclic) bond motifs is 1. The van der Waals surface area contributed by atoms with Crippen LogP contribution in [0.15, 0.2) is 60.7 Å². The van der Waals surface area contributed by atoms with Gasteiger partial charge >= 0.3 is 0 Å². The van der Waals surface area contributed by atoms with Gasteiger partial charge in [0.25, 0.3) is 11.8 Å². The second-order valence-corrected chi connectivity index (χ2v) is 12.3. The van der Waals surface area contributed by atoms with E-state index in [-0.39, 0.29) is 22.9 Å². The highest BCUT2D eigenvalue weighted by atomic mass is 35.5. The zero-order valence-corrected chi connectivity index (χ0v) is 25.8. The standard InChI is InChI=1S/C33H35ClFN3O3S/c1-36-24-13-15-25(16-14-24)38(33(40)31-30(34)29-26(35)6-5-7-28(29)42-31)19-23-18-22(12-17-27(23)41-4)20-8-10-21(11-9-20)32(39)37(2)3/h5-12,17-18,24-25,36H,13-16,19H2,1-4H3. The summed E-state index contributed by atoms with van der Waals surface area (Å²) >= 11 is 7.90. The zero-order valence-electron chi connectivity index (χ0n) is 24.2. The van der Waals surface area contributed by atoms with Gasteiger partial charge in [0.1, 0.15) is 16.4 Å². The number of carbonyl (C=O) groups is 2. The maximum absolute atomic E-state index is 14.7. The molecule has 5 rings (SSSR count). The van der Waals surface area contributed by atoms with E-state index in [0.29, 0.717) is 38.9 Å². The molecule has 0 spiro atoms. The minimum absolute atomic E-state index is 0.00193. The van der Waals surface area contributed by atoms with Crippen molar-refractivity contribution in [2.75, 3.05) is 28.3 Å². The molecule has 1 saturated carbocycles. The van der Waals surface area contributed by atoms with Crippen LogP contribution < -0.4 is 10.1 Å². The maximum atomic E-state index is 14.7. The lowest BCUT2D eigenvalue weighted by Crippen LogP contribution is -2.44. The van der Waals surface area contributed by atoms with E-state index in [9.17, 15) is 14.0 Å². The minimum atomic E-state index is -0.429. The van der Waals surface area contributed by atoms with Gasteiger partial charge in [0.05, 0.1) is 12.1 Å². The normalized spacial score (nSPS) is 16.8. The van der Waals surface area contributed by atoms with Gasteiger partial charge in [-0.25, -0.2) is 4.39 Å². The summed E-state index contributed by atoms with van der Waals surface area (Å²) < 4.78 is 21.1. The summed E-state index contributed by atoms with van der Waals surface area (Å²) in [5.41, 5.74) is 3.37. The fourth-order valence-corrected chi connectivity index (χ4v) is 7.22. The highest BCUT2D eigenvalue weighted by Crippen LogP contribution is 2.39. The van der Waals surface area contributed by atoms with Crippen LogP contribution in [0.1, 0.15) is 51.3 Å². The topological polar surface area (TPSA) is 61.9 Å². The summed E-state index contributed by atoms with van der Waals surface area (Å²) in [6, 6.07) is 18.6. The molecule has 1 fully saturated rings. The average Bonchev–Trinajstić information content (AvgIpc) is 3.36. The Morgan fingerprint density at radius 3 is 2.31 bits per heavy atom. The largest absolute Gasteiger partial charge is 0.496 e. The Kier molecular flexibility index (Phi) is 9.16. The smallest absolute Gasteiger partial charge is 0.266 e. The van der Waals surface area contributed by atoms with Crippen molar-refractivity contribution >= 4 is 44.8 Å². The molecule has 220 valence electrons. The summed E-state index contributed by atoms with van der Waals surface area (Å²) in [5.74, 6) is -0.0127. The quantitative estimate of drug-likeness (QED) is 0.229. The minimum Gasteiger partial charge on any atom is -0.496 e. The van der Waals surface area contributed by atoms with Crippen LogP contribution in [-0.4, -0.2) is 62.0 Å². The van der Waals surface area contributed by atoms with Crippen molar-refractivity contribution in [3.05, 3.63) is 87.5 Å². The summed E-state index contributed by atoms with van der Waals surface area (Å²) in [4.78, 5) is 30.4. The SMILES string of the molecule is CNC1CCC(N(Cc2cc(-c3ccc(C(=O)N(C)C)cc3)ccc2OC)C(=O)c2sc3cccc(F)c3c2Cl)CC1. The molecule has 1 aliphatic rings. The highest BCUT2D eigenvalue weighted by molar-refractivity contribution is 7.21. The number of methoxy groups -OCH3 is 1. The van der Waals surface area contributed by atoms with E-state index in [1.807, 2.05) is 54.4 Å². The molecule has 4 aromatic rings. The van der Waals surface area contributed by atoms with E-state index in [0.717, 1.165) is 42.4 Å². The molecule has 0 saturated heterocycles. The number of ether oxygens (including phenoxy) is 1. The van der Waals surface area contributed by atoms with Crippen molar-refractivity contribution in [3.8, 4) is 16.9 Å². The van der Waals surface area contributed by atoms with Gasteiger partial charge in [0.2, 0.25) is 0 Å². The van der Waals surface area contributed by atoms with Crippen LogP contribution in [0.4, 0.5) is 4.39 Å². The number of hydrogen-bond acceptors (Lipinski definition) is 5. The molecule has 0 unspecified atom stereocenters. The van der Waals surface area contributed by atoms with E-state index in [2.05, 4.69) is 5.32 Å². The van der Waals surface area contributed by atoms with Crippen LogP contribution in [0.25, 0.3) is 21.2 Å². The Hall–Kier alpha value is -3.46. The van der Waals surface area contributed by atoms with Gasteiger partial charge in [-0.2, -0.15) is 0 Å². The van der Waals surface area contributed by atoms with Gasteiger partial charge in [0.15, 0.2) is 0 Å². The summed E-state index contributed by atoms with van der Waals surface area (Å²) in [5, 5.41) is 3.82. The number of carbonyl (C=O) groups excluding carboxylic acids is 2. The number of nitrogens with one attached hydrogen (secondary N) is 1. The fraction of sp³-hybridized carbons (Fsp3) is 0.333. The second-order valence-electron chi connectivity index (χ2n) is 10.9. The molecule has 3 aromatic carbocycles. The molecule has 1 aromatic heterocycles. The second kappa shape index (κ2) is 12.8. The van der Waals surface area contributed by atoms with Gasteiger partial charge in [-0.05, 0) is 80.3 Å². The first-order valence-corrected chi connectivity index (χ1v) is 15.2. The lowest BCUT2D eigenvalue weighted by Gasteiger charge is -2.37. The molecule has 0 radical (unpaired) electrons. The third kappa shape index (κ3) is 6.02. The van der Waals surface area contributed by atoms with Crippen molar-refractivity contribution in [2.24, 2.45) is 0 Å². The average molecular weight is 608 g/mol. The Bertz CT molecular complexity index is 1600. The molecular formula is C33H35ClFN3O3S. The van der Waals surface area contributed by atoms with Crippen molar-refractivity contribution in [3.63, 3.8) is 0 Å². The molecule has 0 atom stereocenters. The molecule has 1 heterocycles. The number of thiophene rings is 1. The van der Waals surface area contributed by atoms with Crippen molar-refractivity contribution in [1.82, 2.24) is 15.1 Å². The molecule has 1 N–H and O–H groups in total. The number of halogens is 2. The third-order valence-electron chi connectivity index (χ3n) is 8.10. The predicted molar refractivity (Wildman–Crippen MR) is 168 cm³/mol. The van der Waals surface area contributed by atoms with E-state index in [4.69, 9.17) is 16.3 Å². The van der Waals surface area contributed by atoms with Crippen LogP contribution >= 0.6 is 22.9 Å². The van der Waals surface area contributed by atoms with Gasteiger partial charge in [-0.15, -0.1) is 11.3 Å². The molecule has 9 heteroatoms. The van der Waals surface area contributed by atoms with E-state index < -0.39 is 5.82 Å². The first-order chi connectivity index (χ1) is 20.2. The maximum Gasteiger partial charge on any atom is 0.266 e. The van der Waals surface area contributed by atoms with Crippen LogP contribution in [0.2, 0.25) is 5.02 Å². The Balaban J connectivity index is 1.51. The molecule has 6 nitrogen and oxygen atoms in total. The van der Waals surface area contributed by atoms with Crippen LogP contribution in [0.5, 0.6) is 5.75 Å². The number of amides is 2. The number of rotatable bonds is 8. The van der Waals surface area contributed by atoms with Gasteiger partial charge in [-0.3, -0.25) is 9.59 Å². The third-order valence-corrected chi connectivity index (χ3v) is 9.73. The van der Waals surface area contributed by atoms with Crippen molar-refractivity contribution < 1.29 is 18.7 Å². The Labute approximate surface area is 255 Å². The molecule has 0 aliphatic heterocycles. The van der Waals surface area contributed by atoms with Gasteiger partial charge in [-0.1, -0.05) is 35.9 Å². The van der Waals surface area contributed by atoms with Crippen LogP contribution in [-0.2, 0) is 6.54 Å². The predicted octanol–water partition coefficient (Wildman–Crippen LogP) is 7.24. The van der Waals surface area contributed by atoms with Crippen LogP contribution in [0, 0.1) is 5.82 Å². The van der Waals surface area contributed by atoms with E-state index in [1.165, 1.54) is 17.4 Å². The zero-order chi connectivity index (χ0) is 30.0.